The van der Waals surface area contributed by atoms with Crippen LogP contribution in [-0.4, -0.2) is 18.4 Å². The van der Waals surface area contributed by atoms with E-state index in [0.29, 0.717) is 17.5 Å². The van der Waals surface area contributed by atoms with Gasteiger partial charge in [0.1, 0.15) is 17.3 Å². The van der Waals surface area contributed by atoms with Crippen LogP contribution in [0.3, 0.4) is 0 Å². The van der Waals surface area contributed by atoms with E-state index >= 15 is 0 Å². The first kappa shape index (κ1) is 14.7. The van der Waals surface area contributed by atoms with Crippen LogP contribution in [0.1, 0.15) is 11.1 Å². The molecule has 1 aromatic carbocycles. The van der Waals surface area contributed by atoms with Crippen molar-refractivity contribution in [3.8, 4) is 0 Å². The summed E-state index contributed by atoms with van der Waals surface area (Å²) in [4.78, 5) is 8.04. The molecule has 2 aromatic rings. The SMILES string of the molecule is Cc1c(Cl)ncnc1NCc1ccc(S(N)(=O)=O)cc1. The van der Waals surface area contributed by atoms with Gasteiger partial charge in [-0.15, -0.1) is 0 Å². The topological polar surface area (TPSA) is 98.0 Å². The van der Waals surface area contributed by atoms with Crippen molar-refractivity contribution in [3.05, 3.63) is 46.9 Å². The Morgan fingerprint density at radius 1 is 1.25 bits per heavy atom. The predicted octanol–water partition coefficient (Wildman–Crippen LogP) is 1.70. The number of nitrogens with zero attached hydrogens (tertiary/aromatic N) is 2. The lowest BCUT2D eigenvalue weighted by molar-refractivity contribution is 0.598. The average Bonchev–Trinajstić information content (AvgIpc) is 2.40. The lowest BCUT2D eigenvalue weighted by Crippen LogP contribution is -2.12. The molecule has 1 aromatic heterocycles. The molecule has 20 heavy (non-hydrogen) atoms. The largest absolute Gasteiger partial charge is 0.366 e. The first-order valence-electron chi connectivity index (χ1n) is 5.70. The van der Waals surface area contributed by atoms with Gasteiger partial charge in [0.2, 0.25) is 10.0 Å². The number of nitrogens with one attached hydrogen (secondary N) is 1. The van der Waals surface area contributed by atoms with Crippen LogP contribution in [0, 0.1) is 6.92 Å². The molecular weight excluding hydrogens is 300 g/mol. The quantitative estimate of drug-likeness (QED) is 0.837. The zero-order chi connectivity index (χ0) is 14.8. The summed E-state index contributed by atoms with van der Waals surface area (Å²) in [6.07, 6.45) is 1.38. The smallest absolute Gasteiger partial charge is 0.238 e. The monoisotopic (exact) mass is 312 g/mol. The minimum atomic E-state index is -3.66. The van der Waals surface area contributed by atoms with Gasteiger partial charge in [-0.2, -0.15) is 0 Å². The van der Waals surface area contributed by atoms with E-state index in [1.807, 2.05) is 6.92 Å². The molecule has 0 bridgehead atoms. The number of primary sulfonamides is 1. The summed E-state index contributed by atoms with van der Waals surface area (Å²) in [6, 6.07) is 6.30. The summed E-state index contributed by atoms with van der Waals surface area (Å²) in [5.74, 6) is 0.639. The van der Waals surface area contributed by atoms with Crippen LogP contribution >= 0.6 is 11.6 Å². The highest BCUT2D eigenvalue weighted by Crippen LogP contribution is 2.18. The van der Waals surface area contributed by atoms with Crippen molar-refractivity contribution in [2.24, 2.45) is 5.14 Å². The van der Waals surface area contributed by atoms with Crippen molar-refractivity contribution in [1.82, 2.24) is 9.97 Å². The molecule has 0 aliphatic heterocycles. The Morgan fingerprint density at radius 3 is 2.50 bits per heavy atom. The molecule has 0 amide bonds. The van der Waals surface area contributed by atoms with Crippen LogP contribution < -0.4 is 10.5 Å². The third-order valence-electron chi connectivity index (χ3n) is 2.73. The molecule has 0 spiro atoms. The number of halogens is 1. The van der Waals surface area contributed by atoms with Crippen molar-refractivity contribution in [2.75, 3.05) is 5.32 Å². The molecular formula is C12H13ClN4O2S. The van der Waals surface area contributed by atoms with Gasteiger partial charge in [-0.25, -0.2) is 23.5 Å². The fourth-order valence-electron chi connectivity index (χ4n) is 1.59. The minimum absolute atomic E-state index is 0.0857. The van der Waals surface area contributed by atoms with Crippen molar-refractivity contribution in [3.63, 3.8) is 0 Å². The van der Waals surface area contributed by atoms with Gasteiger partial charge in [0.15, 0.2) is 0 Å². The third kappa shape index (κ3) is 3.44. The minimum Gasteiger partial charge on any atom is -0.366 e. The fraction of sp³-hybridized carbons (Fsp3) is 0.167. The van der Waals surface area contributed by atoms with Crippen LogP contribution in [-0.2, 0) is 16.6 Å². The highest BCUT2D eigenvalue weighted by molar-refractivity contribution is 7.89. The number of rotatable bonds is 4. The Morgan fingerprint density at radius 2 is 1.90 bits per heavy atom. The van der Waals surface area contributed by atoms with E-state index in [4.69, 9.17) is 16.7 Å². The lowest BCUT2D eigenvalue weighted by Gasteiger charge is -2.09. The molecule has 0 atom stereocenters. The van der Waals surface area contributed by atoms with Crippen LogP contribution in [0.5, 0.6) is 0 Å². The van der Waals surface area contributed by atoms with Gasteiger partial charge >= 0.3 is 0 Å². The van der Waals surface area contributed by atoms with E-state index in [0.717, 1.165) is 11.1 Å². The Balaban J connectivity index is 2.10. The van der Waals surface area contributed by atoms with Crippen molar-refractivity contribution < 1.29 is 8.42 Å². The maximum Gasteiger partial charge on any atom is 0.238 e. The molecule has 0 radical (unpaired) electrons. The molecule has 106 valence electrons. The second kappa shape index (κ2) is 5.74. The van der Waals surface area contributed by atoms with Crippen molar-refractivity contribution >= 4 is 27.4 Å². The van der Waals surface area contributed by atoms with E-state index in [1.54, 1.807) is 12.1 Å². The number of anilines is 1. The zero-order valence-electron chi connectivity index (χ0n) is 10.7. The summed E-state index contributed by atoms with van der Waals surface area (Å²) < 4.78 is 22.3. The van der Waals surface area contributed by atoms with Gasteiger partial charge in [-0.1, -0.05) is 23.7 Å². The fourth-order valence-corrected chi connectivity index (χ4v) is 2.24. The summed E-state index contributed by atoms with van der Waals surface area (Å²) in [5, 5.41) is 8.54. The molecule has 0 saturated heterocycles. The van der Waals surface area contributed by atoms with Crippen LogP contribution in [0.2, 0.25) is 5.15 Å². The Bertz CT molecular complexity index is 717. The van der Waals surface area contributed by atoms with Crippen LogP contribution in [0.25, 0.3) is 0 Å². The molecule has 1 heterocycles. The number of hydrogen-bond acceptors (Lipinski definition) is 5. The third-order valence-corrected chi connectivity index (χ3v) is 4.04. The molecule has 0 aliphatic rings. The molecule has 6 nitrogen and oxygen atoms in total. The highest BCUT2D eigenvalue weighted by Gasteiger charge is 2.07. The summed E-state index contributed by atoms with van der Waals surface area (Å²) in [7, 11) is -3.66. The zero-order valence-corrected chi connectivity index (χ0v) is 12.2. The first-order valence-corrected chi connectivity index (χ1v) is 7.63. The average molecular weight is 313 g/mol. The van der Waals surface area contributed by atoms with E-state index in [9.17, 15) is 8.42 Å². The van der Waals surface area contributed by atoms with Gasteiger partial charge in [0, 0.05) is 12.1 Å². The maximum atomic E-state index is 11.1. The Hall–Kier alpha value is -1.70. The van der Waals surface area contributed by atoms with Crippen molar-refractivity contribution in [2.45, 2.75) is 18.4 Å². The number of hydrogen-bond donors (Lipinski definition) is 2. The summed E-state index contributed by atoms with van der Waals surface area (Å²) in [5.41, 5.74) is 1.65. The molecule has 3 N–H and O–H groups in total. The van der Waals surface area contributed by atoms with E-state index in [1.165, 1.54) is 18.5 Å². The van der Waals surface area contributed by atoms with Crippen LogP contribution in [0.4, 0.5) is 5.82 Å². The molecule has 0 aliphatic carbocycles. The maximum absolute atomic E-state index is 11.1. The molecule has 0 fully saturated rings. The van der Waals surface area contributed by atoms with Gasteiger partial charge in [-0.05, 0) is 24.6 Å². The van der Waals surface area contributed by atoms with Gasteiger partial charge in [0.25, 0.3) is 0 Å². The lowest BCUT2D eigenvalue weighted by atomic mass is 10.2. The van der Waals surface area contributed by atoms with Crippen LogP contribution in [0.15, 0.2) is 35.5 Å². The van der Waals surface area contributed by atoms with Gasteiger partial charge in [-0.3, -0.25) is 0 Å². The number of nitrogens with two attached hydrogens (primary N) is 1. The Labute approximate surface area is 122 Å². The summed E-state index contributed by atoms with van der Waals surface area (Å²) in [6.45, 7) is 2.30. The Kier molecular flexibility index (Phi) is 4.22. The number of aromatic nitrogens is 2. The summed E-state index contributed by atoms with van der Waals surface area (Å²) >= 11 is 5.89. The van der Waals surface area contributed by atoms with Gasteiger partial charge in [0.05, 0.1) is 4.90 Å². The van der Waals surface area contributed by atoms with E-state index in [-0.39, 0.29) is 4.90 Å². The normalized spacial score (nSPS) is 11.3. The predicted molar refractivity (Wildman–Crippen MR) is 76.9 cm³/mol. The number of sulfonamides is 1. The first-order chi connectivity index (χ1) is 9.38. The highest BCUT2D eigenvalue weighted by atomic mass is 35.5. The molecule has 0 saturated carbocycles. The van der Waals surface area contributed by atoms with Gasteiger partial charge < -0.3 is 5.32 Å². The standard InChI is InChI=1S/C12H13ClN4O2S/c1-8-11(13)16-7-17-12(8)15-6-9-2-4-10(5-3-9)20(14,18)19/h2-5,7H,6H2,1H3,(H2,14,18,19)(H,15,16,17). The molecule has 8 heteroatoms. The number of benzene rings is 1. The second-order valence-electron chi connectivity index (χ2n) is 4.18. The van der Waals surface area contributed by atoms with Crippen molar-refractivity contribution in [1.29, 1.82) is 0 Å². The van der Waals surface area contributed by atoms with E-state index < -0.39 is 10.0 Å². The molecule has 0 unspecified atom stereocenters. The molecule has 2 rings (SSSR count). The second-order valence-corrected chi connectivity index (χ2v) is 6.10. The van der Waals surface area contributed by atoms with E-state index in [2.05, 4.69) is 15.3 Å².